The van der Waals surface area contributed by atoms with E-state index in [1.807, 2.05) is 59.5 Å². The number of carbonyl (C=O) groups is 1. The van der Waals surface area contributed by atoms with Crippen LogP contribution in [0, 0.1) is 6.92 Å². The maximum atomic E-state index is 12.2. The first-order valence-electron chi connectivity index (χ1n) is 7.48. The van der Waals surface area contributed by atoms with Gasteiger partial charge in [0, 0.05) is 5.39 Å². The van der Waals surface area contributed by atoms with Crippen LogP contribution in [0.5, 0.6) is 0 Å². The topological polar surface area (TPSA) is 59.8 Å². The minimum Gasteiger partial charge on any atom is -0.320 e. The zero-order valence-corrected chi connectivity index (χ0v) is 13.7. The number of hydrogen-bond donors (Lipinski definition) is 1. The molecule has 5 nitrogen and oxygen atoms in total. The number of fused-ring (bicyclic) bond motifs is 1. The number of nitrogens with zero attached hydrogens (tertiary/aromatic N) is 3. The first-order chi connectivity index (χ1) is 11.7. The Morgan fingerprint density at radius 1 is 1.17 bits per heavy atom. The molecule has 0 aliphatic carbocycles. The number of carbonyl (C=O) groups excluding carboxylic acids is 1. The highest BCUT2D eigenvalue weighted by molar-refractivity contribution is 7.12. The van der Waals surface area contributed by atoms with Crippen molar-refractivity contribution in [2.75, 3.05) is 5.32 Å². The van der Waals surface area contributed by atoms with E-state index < -0.39 is 0 Å². The molecule has 6 heteroatoms. The van der Waals surface area contributed by atoms with Crippen LogP contribution in [0.15, 0.2) is 60.1 Å². The Bertz CT molecular complexity index is 1010. The molecule has 3 heterocycles. The molecule has 0 saturated heterocycles. The molecule has 118 valence electrons. The van der Waals surface area contributed by atoms with Crippen molar-refractivity contribution in [3.8, 4) is 5.69 Å². The van der Waals surface area contributed by atoms with Gasteiger partial charge in [-0.05, 0) is 36.6 Å². The van der Waals surface area contributed by atoms with Crippen LogP contribution >= 0.6 is 11.3 Å². The normalized spacial score (nSPS) is 10.9. The number of pyridine rings is 1. The molecule has 0 fully saturated rings. The quantitative estimate of drug-likeness (QED) is 0.615. The Labute approximate surface area is 142 Å². The Morgan fingerprint density at radius 3 is 2.75 bits per heavy atom. The molecule has 24 heavy (non-hydrogen) atoms. The number of thiophene rings is 1. The van der Waals surface area contributed by atoms with Gasteiger partial charge in [0.25, 0.3) is 5.91 Å². The highest BCUT2D eigenvalue weighted by Crippen LogP contribution is 2.23. The van der Waals surface area contributed by atoms with Gasteiger partial charge in [-0.25, -0.2) is 9.67 Å². The molecule has 4 aromatic rings. The Morgan fingerprint density at radius 2 is 2.00 bits per heavy atom. The molecule has 3 aromatic heterocycles. The van der Waals surface area contributed by atoms with Crippen LogP contribution in [0.3, 0.4) is 0 Å². The zero-order valence-electron chi connectivity index (χ0n) is 12.9. The van der Waals surface area contributed by atoms with E-state index in [4.69, 9.17) is 0 Å². The monoisotopic (exact) mass is 334 g/mol. The predicted molar refractivity (Wildman–Crippen MR) is 95.9 cm³/mol. The first-order valence-corrected chi connectivity index (χ1v) is 8.36. The second kappa shape index (κ2) is 5.90. The molecule has 0 spiro atoms. The van der Waals surface area contributed by atoms with E-state index in [0.29, 0.717) is 10.6 Å². The number of rotatable bonds is 3. The van der Waals surface area contributed by atoms with Crippen LogP contribution in [-0.4, -0.2) is 20.7 Å². The zero-order chi connectivity index (χ0) is 16.5. The van der Waals surface area contributed by atoms with E-state index in [-0.39, 0.29) is 5.91 Å². The average Bonchev–Trinajstić information content (AvgIpc) is 3.25. The molecular formula is C18H14N4OS. The Balaban J connectivity index is 1.72. The summed E-state index contributed by atoms with van der Waals surface area (Å²) >= 11 is 1.41. The van der Waals surface area contributed by atoms with Gasteiger partial charge >= 0.3 is 0 Å². The SMILES string of the molecule is Cc1nn(-c2ccccc2)c2ncc(NC(=O)c3cccs3)cc12. The van der Waals surface area contributed by atoms with E-state index in [1.165, 1.54) is 11.3 Å². The van der Waals surface area contributed by atoms with Gasteiger partial charge in [-0.15, -0.1) is 11.3 Å². The molecule has 0 aliphatic rings. The summed E-state index contributed by atoms with van der Waals surface area (Å²) in [7, 11) is 0. The van der Waals surface area contributed by atoms with Crippen molar-refractivity contribution in [1.82, 2.24) is 14.8 Å². The smallest absolute Gasteiger partial charge is 0.265 e. The largest absolute Gasteiger partial charge is 0.320 e. The van der Waals surface area contributed by atoms with Crippen LogP contribution in [-0.2, 0) is 0 Å². The summed E-state index contributed by atoms with van der Waals surface area (Å²) in [4.78, 5) is 17.3. The van der Waals surface area contributed by atoms with Crippen molar-refractivity contribution >= 4 is 34.0 Å². The van der Waals surface area contributed by atoms with Crippen LogP contribution in [0.25, 0.3) is 16.7 Å². The summed E-state index contributed by atoms with van der Waals surface area (Å²) in [6.07, 6.45) is 1.66. The summed E-state index contributed by atoms with van der Waals surface area (Å²) < 4.78 is 1.82. The summed E-state index contributed by atoms with van der Waals surface area (Å²) in [5.41, 5.74) is 3.26. The van der Waals surface area contributed by atoms with Crippen molar-refractivity contribution < 1.29 is 4.79 Å². The van der Waals surface area contributed by atoms with Crippen LogP contribution in [0.1, 0.15) is 15.4 Å². The first kappa shape index (κ1) is 14.6. The lowest BCUT2D eigenvalue weighted by molar-refractivity contribution is 0.103. The third-order valence-corrected chi connectivity index (χ3v) is 4.58. The van der Waals surface area contributed by atoms with Gasteiger partial charge in [0.1, 0.15) is 0 Å². The van der Waals surface area contributed by atoms with Crippen molar-refractivity contribution in [3.63, 3.8) is 0 Å². The number of benzene rings is 1. The molecule has 1 N–H and O–H groups in total. The molecule has 4 rings (SSSR count). The second-order valence-electron chi connectivity index (χ2n) is 5.36. The lowest BCUT2D eigenvalue weighted by Gasteiger charge is -2.05. The van der Waals surface area contributed by atoms with E-state index in [1.54, 1.807) is 12.3 Å². The van der Waals surface area contributed by atoms with Gasteiger partial charge in [0.2, 0.25) is 0 Å². The number of hydrogen-bond acceptors (Lipinski definition) is 4. The van der Waals surface area contributed by atoms with Gasteiger partial charge in [0.05, 0.1) is 28.1 Å². The second-order valence-corrected chi connectivity index (χ2v) is 6.31. The van der Waals surface area contributed by atoms with E-state index in [0.717, 1.165) is 22.4 Å². The highest BCUT2D eigenvalue weighted by atomic mass is 32.1. The fourth-order valence-electron chi connectivity index (χ4n) is 2.56. The van der Waals surface area contributed by atoms with Gasteiger partial charge in [-0.2, -0.15) is 5.10 Å². The van der Waals surface area contributed by atoms with Gasteiger partial charge in [-0.3, -0.25) is 4.79 Å². The Hall–Kier alpha value is -2.99. The van der Waals surface area contributed by atoms with Crippen molar-refractivity contribution in [1.29, 1.82) is 0 Å². The summed E-state index contributed by atoms with van der Waals surface area (Å²) in [6, 6.07) is 15.4. The standard InChI is InChI=1S/C18H14N4OS/c1-12-15-10-13(20-18(23)16-8-5-9-24-16)11-19-17(15)22(21-12)14-6-3-2-4-7-14/h2-11H,1H3,(H,20,23). The Kier molecular flexibility index (Phi) is 3.59. The highest BCUT2D eigenvalue weighted by Gasteiger charge is 2.13. The number of aryl methyl sites for hydroxylation is 1. The molecule has 0 saturated carbocycles. The summed E-state index contributed by atoms with van der Waals surface area (Å²) in [5.74, 6) is -0.126. The van der Waals surface area contributed by atoms with Crippen molar-refractivity contribution in [2.45, 2.75) is 6.92 Å². The molecule has 0 atom stereocenters. The lowest BCUT2D eigenvalue weighted by Crippen LogP contribution is -2.10. The maximum absolute atomic E-state index is 12.2. The minimum absolute atomic E-state index is 0.126. The van der Waals surface area contributed by atoms with E-state index in [9.17, 15) is 4.79 Å². The number of nitrogens with one attached hydrogen (secondary N) is 1. The lowest BCUT2D eigenvalue weighted by atomic mass is 10.2. The third kappa shape index (κ3) is 2.57. The molecule has 0 unspecified atom stereocenters. The van der Waals surface area contributed by atoms with Crippen LogP contribution in [0.2, 0.25) is 0 Å². The van der Waals surface area contributed by atoms with Crippen molar-refractivity contribution in [3.05, 3.63) is 70.7 Å². The molecule has 1 amide bonds. The van der Waals surface area contributed by atoms with Gasteiger partial charge < -0.3 is 5.32 Å². The average molecular weight is 334 g/mol. The minimum atomic E-state index is -0.126. The van der Waals surface area contributed by atoms with Crippen LogP contribution in [0.4, 0.5) is 5.69 Å². The summed E-state index contributed by atoms with van der Waals surface area (Å²) in [6.45, 7) is 1.94. The molecule has 1 aromatic carbocycles. The van der Waals surface area contributed by atoms with Crippen LogP contribution < -0.4 is 5.32 Å². The van der Waals surface area contributed by atoms with Gasteiger partial charge in [0.15, 0.2) is 5.65 Å². The van der Waals surface area contributed by atoms with Crippen molar-refractivity contribution in [2.24, 2.45) is 0 Å². The molecule has 0 radical (unpaired) electrons. The fourth-order valence-corrected chi connectivity index (χ4v) is 3.18. The number of aromatic nitrogens is 3. The number of anilines is 1. The van der Waals surface area contributed by atoms with E-state index >= 15 is 0 Å². The number of para-hydroxylation sites is 1. The summed E-state index contributed by atoms with van der Waals surface area (Å²) in [5, 5.41) is 10.3. The predicted octanol–water partition coefficient (Wildman–Crippen LogP) is 4.04. The van der Waals surface area contributed by atoms with Gasteiger partial charge in [-0.1, -0.05) is 24.3 Å². The number of amides is 1. The molecule has 0 bridgehead atoms. The maximum Gasteiger partial charge on any atom is 0.265 e. The molecular weight excluding hydrogens is 320 g/mol. The van der Waals surface area contributed by atoms with E-state index in [2.05, 4.69) is 15.4 Å². The fraction of sp³-hybridized carbons (Fsp3) is 0.0556. The molecule has 0 aliphatic heterocycles. The third-order valence-electron chi connectivity index (χ3n) is 3.71.